The van der Waals surface area contributed by atoms with Gasteiger partial charge in [0.1, 0.15) is 5.82 Å². The smallest absolute Gasteiger partial charge is 0.232 e. The van der Waals surface area contributed by atoms with Crippen LogP contribution in [0.25, 0.3) is 0 Å². The van der Waals surface area contributed by atoms with E-state index in [2.05, 4.69) is 41.3 Å². The molecule has 4 nitrogen and oxygen atoms in total. The van der Waals surface area contributed by atoms with E-state index in [0.717, 1.165) is 51.3 Å². The van der Waals surface area contributed by atoms with E-state index in [1.165, 1.54) is 12.0 Å². The zero-order valence-corrected chi connectivity index (χ0v) is 15.5. The number of hydrogen-bond donors (Lipinski definition) is 0. The van der Waals surface area contributed by atoms with Crippen molar-refractivity contribution in [3.63, 3.8) is 0 Å². The van der Waals surface area contributed by atoms with E-state index in [0.29, 0.717) is 11.8 Å². The number of pyridine rings is 1. The fourth-order valence-corrected chi connectivity index (χ4v) is 5.32. The highest BCUT2D eigenvalue weighted by atomic mass is 16.2. The van der Waals surface area contributed by atoms with Crippen molar-refractivity contribution in [1.29, 1.82) is 0 Å². The summed E-state index contributed by atoms with van der Waals surface area (Å²) < 4.78 is 0. The Morgan fingerprint density at radius 3 is 2.76 bits per heavy atom. The van der Waals surface area contributed by atoms with E-state index in [-0.39, 0.29) is 10.8 Å². The molecule has 3 fully saturated rings. The van der Waals surface area contributed by atoms with Crippen LogP contribution in [-0.2, 0) is 4.79 Å². The Hall–Kier alpha value is -1.84. The lowest BCUT2D eigenvalue weighted by Crippen LogP contribution is -2.45. The van der Waals surface area contributed by atoms with Gasteiger partial charge in [0, 0.05) is 32.4 Å². The molecular weight excluding hydrogens is 310 g/mol. The molecule has 2 bridgehead atoms. The number of amides is 1. The molecule has 0 aromatic carbocycles. The molecule has 2 saturated carbocycles. The van der Waals surface area contributed by atoms with Crippen molar-refractivity contribution in [2.45, 2.75) is 39.5 Å². The molecule has 1 aromatic rings. The van der Waals surface area contributed by atoms with Crippen LogP contribution >= 0.6 is 0 Å². The highest BCUT2D eigenvalue weighted by molar-refractivity contribution is 5.87. The SMILES string of the molecule is C=C1C(C)(C)[C@@H]2CC[C@@]1(C(=O)N1CCCN(c3ccccn3)CC1)C2. The van der Waals surface area contributed by atoms with Crippen molar-refractivity contribution in [3.8, 4) is 0 Å². The second-order valence-electron chi connectivity index (χ2n) is 8.54. The van der Waals surface area contributed by atoms with Crippen molar-refractivity contribution in [3.05, 3.63) is 36.5 Å². The van der Waals surface area contributed by atoms with Crippen LogP contribution in [0.15, 0.2) is 36.5 Å². The molecule has 0 spiro atoms. The van der Waals surface area contributed by atoms with Crippen LogP contribution in [-0.4, -0.2) is 42.0 Å². The molecular formula is C21H29N3O. The number of carbonyl (C=O) groups is 1. The average molecular weight is 339 g/mol. The van der Waals surface area contributed by atoms with E-state index < -0.39 is 0 Å². The maximum atomic E-state index is 13.5. The molecule has 3 aliphatic rings. The highest BCUT2D eigenvalue weighted by Crippen LogP contribution is 2.65. The van der Waals surface area contributed by atoms with Gasteiger partial charge in [-0.15, -0.1) is 0 Å². The standard InChI is InChI=1S/C21H29N3O/c1-16-20(2,3)17-8-9-21(16,15-17)19(25)24-12-6-11-23(13-14-24)18-7-4-5-10-22-18/h4-5,7,10,17H,1,6,8-9,11-15H2,2-3H3/t17-,21-/m1/s1. The molecule has 0 N–H and O–H groups in total. The molecule has 4 rings (SSSR count). The molecule has 1 aliphatic heterocycles. The maximum Gasteiger partial charge on any atom is 0.232 e. The molecule has 2 heterocycles. The van der Waals surface area contributed by atoms with E-state index in [1.54, 1.807) is 0 Å². The molecule has 0 radical (unpaired) electrons. The second kappa shape index (κ2) is 5.86. The lowest BCUT2D eigenvalue weighted by molar-refractivity contribution is -0.139. The zero-order chi connectivity index (χ0) is 17.7. The summed E-state index contributed by atoms with van der Waals surface area (Å²) in [6, 6.07) is 6.03. The summed E-state index contributed by atoms with van der Waals surface area (Å²) in [5.74, 6) is 1.98. The zero-order valence-electron chi connectivity index (χ0n) is 15.5. The Morgan fingerprint density at radius 2 is 2.08 bits per heavy atom. The van der Waals surface area contributed by atoms with Gasteiger partial charge >= 0.3 is 0 Å². The normalized spacial score (nSPS) is 31.3. The Balaban J connectivity index is 1.50. The predicted octanol–water partition coefficient (Wildman–Crippen LogP) is 3.50. The molecule has 134 valence electrons. The Morgan fingerprint density at radius 1 is 1.24 bits per heavy atom. The largest absolute Gasteiger partial charge is 0.355 e. The van der Waals surface area contributed by atoms with Crippen LogP contribution in [0, 0.1) is 16.7 Å². The minimum absolute atomic E-state index is 0.111. The first-order valence-corrected chi connectivity index (χ1v) is 9.60. The maximum absolute atomic E-state index is 13.5. The number of aromatic nitrogens is 1. The van der Waals surface area contributed by atoms with Gasteiger partial charge in [-0.25, -0.2) is 4.98 Å². The highest BCUT2D eigenvalue weighted by Gasteiger charge is 2.61. The number of carbonyl (C=O) groups excluding carboxylic acids is 1. The summed E-state index contributed by atoms with van der Waals surface area (Å²) in [6.07, 6.45) is 6.02. The number of hydrogen-bond acceptors (Lipinski definition) is 3. The molecule has 2 aliphatic carbocycles. The molecule has 25 heavy (non-hydrogen) atoms. The third-order valence-corrected chi connectivity index (χ3v) is 7.06. The second-order valence-corrected chi connectivity index (χ2v) is 8.54. The van der Waals surface area contributed by atoms with Crippen molar-refractivity contribution >= 4 is 11.7 Å². The minimum Gasteiger partial charge on any atom is -0.355 e. The molecule has 1 aromatic heterocycles. The van der Waals surface area contributed by atoms with Gasteiger partial charge in [0.2, 0.25) is 5.91 Å². The Kier molecular flexibility index (Phi) is 3.89. The van der Waals surface area contributed by atoms with E-state index >= 15 is 0 Å². The number of anilines is 1. The van der Waals surface area contributed by atoms with Gasteiger partial charge < -0.3 is 9.80 Å². The molecule has 0 unspecified atom stereocenters. The van der Waals surface area contributed by atoms with E-state index in [9.17, 15) is 4.79 Å². The van der Waals surface area contributed by atoms with Crippen LogP contribution in [0.4, 0.5) is 5.82 Å². The average Bonchev–Trinajstić information content (AvgIpc) is 3.03. The van der Waals surface area contributed by atoms with E-state index in [4.69, 9.17) is 0 Å². The summed E-state index contributed by atoms with van der Waals surface area (Å²) >= 11 is 0. The number of rotatable bonds is 2. The van der Waals surface area contributed by atoms with E-state index in [1.807, 2.05) is 18.3 Å². The van der Waals surface area contributed by atoms with Gasteiger partial charge in [-0.3, -0.25) is 4.79 Å². The van der Waals surface area contributed by atoms with Gasteiger partial charge in [-0.2, -0.15) is 0 Å². The van der Waals surface area contributed by atoms with Gasteiger partial charge in [-0.05, 0) is 49.1 Å². The number of nitrogens with zero attached hydrogens (tertiary/aromatic N) is 3. The Bertz CT molecular complexity index is 684. The van der Waals surface area contributed by atoms with Crippen molar-refractivity contribution < 1.29 is 4.79 Å². The van der Waals surface area contributed by atoms with Gasteiger partial charge in [-0.1, -0.05) is 32.1 Å². The number of fused-ring (bicyclic) bond motifs is 2. The Labute approximate surface area is 150 Å². The first kappa shape index (κ1) is 16.6. The third kappa shape index (κ3) is 2.49. The monoisotopic (exact) mass is 339 g/mol. The molecule has 2 atom stereocenters. The molecule has 4 heteroatoms. The summed E-state index contributed by atoms with van der Waals surface area (Å²) in [5.41, 5.74) is 1.01. The first-order chi connectivity index (χ1) is 11.9. The summed E-state index contributed by atoms with van der Waals surface area (Å²) in [7, 11) is 0. The minimum atomic E-state index is -0.283. The first-order valence-electron chi connectivity index (χ1n) is 9.60. The summed E-state index contributed by atoms with van der Waals surface area (Å²) in [4.78, 5) is 22.4. The van der Waals surface area contributed by atoms with Gasteiger partial charge in [0.05, 0.1) is 5.41 Å². The lowest BCUT2D eigenvalue weighted by atomic mass is 9.68. The van der Waals surface area contributed by atoms with Crippen LogP contribution < -0.4 is 4.90 Å². The van der Waals surface area contributed by atoms with Crippen molar-refractivity contribution in [2.24, 2.45) is 16.7 Å². The molecule has 1 amide bonds. The van der Waals surface area contributed by atoms with Crippen molar-refractivity contribution in [1.82, 2.24) is 9.88 Å². The van der Waals surface area contributed by atoms with Gasteiger partial charge in [0.15, 0.2) is 0 Å². The fourth-order valence-electron chi connectivity index (χ4n) is 5.32. The third-order valence-electron chi connectivity index (χ3n) is 7.06. The molecule has 1 saturated heterocycles. The summed E-state index contributed by atoms with van der Waals surface area (Å²) in [5, 5.41) is 0. The van der Waals surface area contributed by atoms with Crippen molar-refractivity contribution in [2.75, 3.05) is 31.1 Å². The lowest BCUT2D eigenvalue weighted by Gasteiger charge is -2.39. The van der Waals surface area contributed by atoms with Crippen LogP contribution in [0.2, 0.25) is 0 Å². The van der Waals surface area contributed by atoms with Crippen LogP contribution in [0.3, 0.4) is 0 Å². The van der Waals surface area contributed by atoms with Crippen LogP contribution in [0.5, 0.6) is 0 Å². The predicted molar refractivity (Wildman–Crippen MR) is 100 cm³/mol. The topological polar surface area (TPSA) is 36.4 Å². The summed E-state index contributed by atoms with van der Waals surface area (Å²) in [6.45, 7) is 12.4. The van der Waals surface area contributed by atoms with Gasteiger partial charge in [0.25, 0.3) is 0 Å². The van der Waals surface area contributed by atoms with Crippen LogP contribution in [0.1, 0.15) is 39.5 Å². The fraction of sp³-hybridized carbons (Fsp3) is 0.619. The quantitative estimate of drug-likeness (QED) is 0.774.